The summed E-state index contributed by atoms with van der Waals surface area (Å²) in [6.45, 7) is 0. The summed E-state index contributed by atoms with van der Waals surface area (Å²) in [5.41, 5.74) is 13.9. The molecule has 0 saturated heterocycles. The van der Waals surface area contributed by atoms with Crippen LogP contribution >= 0.6 is 0 Å². The van der Waals surface area contributed by atoms with Gasteiger partial charge in [-0.15, -0.1) is 0 Å². The minimum Gasteiger partial charge on any atom is -0.480 e. The molecule has 0 saturated carbocycles. The number of hydrazine groups is 1. The second kappa shape index (κ2) is 5.64. The fourth-order valence-electron chi connectivity index (χ4n) is 1.94. The van der Waals surface area contributed by atoms with Gasteiger partial charge in [0, 0.05) is 18.6 Å². The molecule has 19 heavy (non-hydrogen) atoms. The van der Waals surface area contributed by atoms with Gasteiger partial charge in [0.2, 0.25) is 0 Å². The third kappa shape index (κ3) is 2.98. The van der Waals surface area contributed by atoms with Crippen molar-refractivity contribution < 1.29 is 9.90 Å². The van der Waals surface area contributed by atoms with Gasteiger partial charge in [-0.2, -0.15) is 0 Å². The molecule has 0 unspecified atom stereocenters. The number of hydrogen-bond donors (Lipinski definition) is 4. The normalized spacial score (nSPS) is 12.3. The maximum Gasteiger partial charge on any atom is 0.320 e. The van der Waals surface area contributed by atoms with Crippen LogP contribution < -0.4 is 16.6 Å². The molecule has 0 aliphatic rings. The SMILES string of the molecule is CNNc1cc(C[C@H](N)C(=O)O)cc2cccnc12. The standard InChI is InChI=1S/C13H16N4O2/c1-15-17-11-7-8(6-10(14)13(18)19)5-9-3-2-4-16-12(9)11/h2-5,7,10,15,17H,6,14H2,1H3,(H,18,19)/t10-/m0/s1. The van der Waals surface area contributed by atoms with E-state index in [1.165, 1.54) is 0 Å². The maximum atomic E-state index is 10.8. The molecule has 0 aliphatic heterocycles. The fourth-order valence-corrected chi connectivity index (χ4v) is 1.94. The van der Waals surface area contributed by atoms with Crippen LogP contribution in [0.2, 0.25) is 0 Å². The second-order valence-corrected chi connectivity index (χ2v) is 4.24. The molecule has 0 spiro atoms. The van der Waals surface area contributed by atoms with Gasteiger partial charge >= 0.3 is 5.97 Å². The third-order valence-electron chi connectivity index (χ3n) is 2.80. The van der Waals surface area contributed by atoms with E-state index in [9.17, 15) is 4.79 Å². The van der Waals surface area contributed by atoms with E-state index in [1.54, 1.807) is 13.2 Å². The number of fused-ring (bicyclic) bond motifs is 1. The molecule has 1 heterocycles. The van der Waals surface area contributed by atoms with Crippen molar-refractivity contribution in [2.24, 2.45) is 5.73 Å². The van der Waals surface area contributed by atoms with Crippen molar-refractivity contribution in [3.63, 3.8) is 0 Å². The Labute approximate surface area is 110 Å². The molecule has 2 rings (SSSR count). The van der Waals surface area contributed by atoms with E-state index >= 15 is 0 Å². The number of nitrogens with one attached hydrogen (secondary N) is 2. The van der Waals surface area contributed by atoms with Crippen molar-refractivity contribution in [3.05, 3.63) is 36.0 Å². The molecule has 5 N–H and O–H groups in total. The van der Waals surface area contributed by atoms with Crippen LogP contribution in [-0.2, 0) is 11.2 Å². The Morgan fingerprint density at radius 3 is 3.00 bits per heavy atom. The number of aromatic nitrogens is 1. The molecule has 1 aromatic carbocycles. The average Bonchev–Trinajstić information content (AvgIpc) is 2.39. The summed E-state index contributed by atoms with van der Waals surface area (Å²) in [4.78, 5) is 15.1. The van der Waals surface area contributed by atoms with Crippen LogP contribution in [0.3, 0.4) is 0 Å². The quantitative estimate of drug-likeness (QED) is 0.591. The van der Waals surface area contributed by atoms with E-state index in [2.05, 4.69) is 15.8 Å². The first-order valence-electron chi connectivity index (χ1n) is 5.90. The Balaban J connectivity index is 2.42. The first kappa shape index (κ1) is 13.3. The van der Waals surface area contributed by atoms with Gasteiger partial charge in [0.25, 0.3) is 0 Å². The minimum absolute atomic E-state index is 0.276. The lowest BCUT2D eigenvalue weighted by atomic mass is 10.0. The number of nitrogens with zero attached hydrogens (tertiary/aromatic N) is 1. The fraction of sp³-hybridized carbons (Fsp3) is 0.231. The molecule has 100 valence electrons. The zero-order valence-electron chi connectivity index (χ0n) is 10.6. The minimum atomic E-state index is -1.01. The van der Waals surface area contributed by atoms with Crippen LogP contribution in [0.1, 0.15) is 5.56 Å². The predicted molar refractivity (Wildman–Crippen MR) is 73.7 cm³/mol. The molecule has 1 atom stereocenters. The number of aliphatic carboxylic acids is 1. The number of hydrogen-bond acceptors (Lipinski definition) is 5. The highest BCUT2D eigenvalue weighted by Gasteiger charge is 2.13. The lowest BCUT2D eigenvalue weighted by Gasteiger charge is -2.12. The van der Waals surface area contributed by atoms with Crippen LogP contribution in [0.5, 0.6) is 0 Å². The van der Waals surface area contributed by atoms with E-state index in [-0.39, 0.29) is 6.42 Å². The van der Waals surface area contributed by atoms with Gasteiger partial charge in [-0.05, 0) is 30.2 Å². The number of carboxylic acid groups (broad SMARTS) is 1. The largest absolute Gasteiger partial charge is 0.480 e. The van der Waals surface area contributed by atoms with Crippen molar-refractivity contribution in [2.45, 2.75) is 12.5 Å². The smallest absolute Gasteiger partial charge is 0.320 e. The number of carboxylic acids is 1. The summed E-state index contributed by atoms with van der Waals surface area (Å²) in [6.07, 6.45) is 1.99. The topological polar surface area (TPSA) is 100 Å². The molecule has 0 bridgehead atoms. The molecular formula is C13H16N4O2. The van der Waals surface area contributed by atoms with Crippen molar-refractivity contribution in [2.75, 3.05) is 12.5 Å². The summed E-state index contributed by atoms with van der Waals surface area (Å²) in [6, 6.07) is 6.63. The predicted octanol–water partition coefficient (Wildman–Crippen LogP) is 0.736. The molecule has 2 aromatic rings. The monoisotopic (exact) mass is 260 g/mol. The Bertz CT molecular complexity index is 600. The van der Waals surface area contributed by atoms with E-state index < -0.39 is 12.0 Å². The Kier molecular flexibility index (Phi) is 3.94. The highest BCUT2D eigenvalue weighted by molar-refractivity contribution is 5.91. The van der Waals surface area contributed by atoms with Gasteiger partial charge in [0.05, 0.1) is 11.2 Å². The molecule has 0 radical (unpaired) electrons. The van der Waals surface area contributed by atoms with Gasteiger partial charge < -0.3 is 16.3 Å². The summed E-state index contributed by atoms with van der Waals surface area (Å²) in [5.74, 6) is -1.01. The first-order valence-corrected chi connectivity index (χ1v) is 5.90. The van der Waals surface area contributed by atoms with Gasteiger partial charge in [0.15, 0.2) is 0 Å². The van der Waals surface area contributed by atoms with Crippen LogP contribution in [0, 0.1) is 0 Å². The van der Waals surface area contributed by atoms with E-state index in [4.69, 9.17) is 10.8 Å². The Morgan fingerprint density at radius 1 is 1.53 bits per heavy atom. The van der Waals surface area contributed by atoms with Crippen molar-refractivity contribution in [1.29, 1.82) is 0 Å². The average molecular weight is 260 g/mol. The highest BCUT2D eigenvalue weighted by atomic mass is 16.4. The van der Waals surface area contributed by atoms with Crippen molar-refractivity contribution in [3.8, 4) is 0 Å². The summed E-state index contributed by atoms with van der Waals surface area (Å²) < 4.78 is 0. The van der Waals surface area contributed by atoms with Gasteiger partial charge in [-0.1, -0.05) is 6.07 Å². The Hall–Kier alpha value is -2.18. The summed E-state index contributed by atoms with van der Waals surface area (Å²) in [5, 5.41) is 9.80. The zero-order chi connectivity index (χ0) is 13.8. The van der Waals surface area contributed by atoms with Gasteiger partial charge in [-0.3, -0.25) is 9.78 Å². The second-order valence-electron chi connectivity index (χ2n) is 4.24. The molecule has 6 nitrogen and oxygen atoms in total. The van der Waals surface area contributed by atoms with Crippen LogP contribution in [0.15, 0.2) is 30.5 Å². The number of nitrogens with two attached hydrogens (primary N) is 1. The summed E-state index contributed by atoms with van der Waals surface area (Å²) in [7, 11) is 1.75. The van der Waals surface area contributed by atoms with Crippen LogP contribution in [-0.4, -0.2) is 29.1 Å². The van der Waals surface area contributed by atoms with E-state index in [1.807, 2.05) is 24.3 Å². The number of pyridine rings is 1. The van der Waals surface area contributed by atoms with E-state index in [0.29, 0.717) is 0 Å². The van der Waals surface area contributed by atoms with Crippen molar-refractivity contribution >= 4 is 22.6 Å². The lowest BCUT2D eigenvalue weighted by Crippen LogP contribution is -2.32. The summed E-state index contributed by atoms with van der Waals surface area (Å²) >= 11 is 0. The number of carbonyl (C=O) groups is 1. The maximum absolute atomic E-state index is 10.8. The molecule has 6 heteroatoms. The first-order chi connectivity index (χ1) is 9.11. The third-order valence-corrected chi connectivity index (χ3v) is 2.80. The molecule has 0 amide bonds. The number of anilines is 1. The zero-order valence-corrected chi connectivity index (χ0v) is 10.6. The van der Waals surface area contributed by atoms with Crippen molar-refractivity contribution in [1.82, 2.24) is 10.4 Å². The van der Waals surface area contributed by atoms with Gasteiger partial charge in [0.1, 0.15) is 6.04 Å². The lowest BCUT2D eigenvalue weighted by molar-refractivity contribution is -0.138. The molecule has 1 aromatic heterocycles. The van der Waals surface area contributed by atoms with E-state index in [0.717, 1.165) is 22.2 Å². The van der Waals surface area contributed by atoms with Crippen LogP contribution in [0.4, 0.5) is 5.69 Å². The molecule has 0 fully saturated rings. The van der Waals surface area contributed by atoms with Gasteiger partial charge in [-0.25, -0.2) is 5.43 Å². The Morgan fingerprint density at radius 2 is 2.32 bits per heavy atom. The number of rotatable bonds is 5. The van der Waals surface area contributed by atoms with Crippen LogP contribution in [0.25, 0.3) is 10.9 Å². The number of benzene rings is 1. The molecule has 0 aliphatic carbocycles. The molecular weight excluding hydrogens is 244 g/mol. The highest BCUT2D eigenvalue weighted by Crippen LogP contribution is 2.23.